The van der Waals surface area contributed by atoms with Crippen LogP contribution in [-0.2, 0) is 34.0 Å². The topological polar surface area (TPSA) is 134 Å². The van der Waals surface area contributed by atoms with Crippen LogP contribution in [0.15, 0.2) is 84.9 Å². The summed E-state index contributed by atoms with van der Waals surface area (Å²) in [4.78, 5) is 36.7. The molecule has 9 heteroatoms. The van der Waals surface area contributed by atoms with Gasteiger partial charge in [-0.2, -0.15) is 0 Å². The summed E-state index contributed by atoms with van der Waals surface area (Å²) in [6, 6.07) is 22.8. The Morgan fingerprint density at radius 3 is 1.89 bits per heavy atom. The number of hydrogen-bond acceptors (Lipinski definition) is 6. The number of ether oxygens (including phenoxy) is 2. The molecule has 3 aromatic carbocycles. The van der Waals surface area contributed by atoms with E-state index >= 15 is 0 Å². The van der Waals surface area contributed by atoms with E-state index < -0.39 is 36.2 Å². The average Bonchev–Trinajstić information content (AvgIpc) is 2.90. The number of carboxylic acids is 1. The van der Waals surface area contributed by atoms with Crippen LogP contribution in [-0.4, -0.2) is 46.4 Å². The van der Waals surface area contributed by atoms with Crippen molar-refractivity contribution in [1.82, 2.24) is 10.6 Å². The molecule has 0 saturated heterocycles. The fraction of sp³-hybridized carbons (Fsp3) is 0.250. The van der Waals surface area contributed by atoms with Crippen molar-refractivity contribution in [3.05, 3.63) is 102 Å². The summed E-state index contributed by atoms with van der Waals surface area (Å²) in [5.74, 6) is -1.48. The third kappa shape index (κ3) is 8.97. The molecule has 0 heterocycles. The molecule has 9 nitrogen and oxygen atoms in total. The van der Waals surface area contributed by atoms with E-state index in [9.17, 15) is 24.6 Å². The summed E-state index contributed by atoms with van der Waals surface area (Å²) in [6.07, 6.45) is -2.21. The van der Waals surface area contributed by atoms with E-state index in [-0.39, 0.29) is 13.0 Å². The Kier molecular flexibility index (Phi) is 10.0. The Morgan fingerprint density at radius 1 is 0.784 bits per heavy atom. The van der Waals surface area contributed by atoms with Crippen LogP contribution in [0.5, 0.6) is 5.75 Å². The van der Waals surface area contributed by atoms with Crippen molar-refractivity contribution in [3.8, 4) is 5.75 Å². The molecule has 3 atom stereocenters. The first-order valence-electron chi connectivity index (χ1n) is 11.8. The van der Waals surface area contributed by atoms with E-state index in [2.05, 4.69) is 10.6 Å². The maximum absolute atomic E-state index is 12.7. The quantitative estimate of drug-likeness (QED) is 0.297. The Morgan fingerprint density at radius 2 is 1.35 bits per heavy atom. The minimum atomic E-state index is -1.40. The number of aliphatic hydroxyl groups excluding tert-OH is 1. The lowest BCUT2D eigenvalue weighted by atomic mass is 10.0. The van der Waals surface area contributed by atoms with Gasteiger partial charge in [-0.1, -0.05) is 72.8 Å². The number of carbonyl (C=O) groups is 3. The van der Waals surface area contributed by atoms with Crippen molar-refractivity contribution in [1.29, 1.82) is 0 Å². The number of aliphatic carboxylic acids is 1. The first-order chi connectivity index (χ1) is 17.8. The summed E-state index contributed by atoms with van der Waals surface area (Å²) in [5, 5.41) is 24.4. The van der Waals surface area contributed by atoms with Gasteiger partial charge in [-0.25, -0.2) is 9.59 Å². The van der Waals surface area contributed by atoms with Crippen LogP contribution in [0.4, 0.5) is 4.79 Å². The summed E-state index contributed by atoms with van der Waals surface area (Å²) < 4.78 is 10.8. The molecule has 3 rings (SSSR count). The van der Waals surface area contributed by atoms with Crippen LogP contribution in [0.2, 0.25) is 0 Å². The highest BCUT2D eigenvalue weighted by Gasteiger charge is 2.30. The predicted octanol–water partition coefficient (Wildman–Crippen LogP) is 3.05. The molecule has 0 aliphatic heterocycles. The standard InChI is InChI=1S/C28H30N2O7/c1-19(31)25(30-28(35)37-18-22-10-6-3-7-11-22)26(32)29-24(27(33)34)16-20-12-14-23(15-13-20)36-17-21-8-4-2-5-9-21/h2-15,19,24-25,31H,16-18H2,1H3,(H,29,32)(H,30,35)(H,33,34)/t19-,24-,25+/m1/s1. The number of rotatable bonds is 12. The zero-order valence-electron chi connectivity index (χ0n) is 20.4. The number of aliphatic hydroxyl groups is 1. The van der Waals surface area contributed by atoms with Crippen LogP contribution >= 0.6 is 0 Å². The zero-order chi connectivity index (χ0) is 26.6. The lowest BCUT2D eigenvalue weighted by molar-refractivity contribution is -0.142. The minimum Gasteiger partial charge on any atom is -0.489 e. The lowest BCUT2D eigenvalue weighted by Gasteiger charge is -2.23. The van der Waals surface area contributed by atoms with Crippen LogP contribution in [0.1, 0.15) is 23.6 Å². The number of benzene rings is 3. The SMILES string of the molecule is C[C@@H](O)[C@H](NC(=O)OCc1ccccc1)C(=O)N[C@H](Cc1ccc(OCc2ccccc2)cc1)C(=O)O. The van der Waals surface area contributed by atoms with Crippen molar-refractivity contribution < 1.29 is 34.1 Å². The second-order valence-corrected chi connectivity index (χ2v) is 8.45. The molecular weight excluding hydrogens is 476 g/mol. The molecule has 0 aliphatic carbocycles. The third-order valence-electron chi connectivity index (χ3n) is 5.48. The number of amides is 2. The van der Waals surface area contributed by atoms with Gasteiger partial charge >= 0.3 is 12.1 Å². The van der Waals surface area contributed by atoms with Gasteiger partial charge in [0.2, 0.25) is 5.91 Å². The largest absolute Gasteiger partial charge is 0.489 e. The molecule has 0 aliphatic rings. The number of carbonyl (C=O) groups excluding carboxylic acids is 2. The van der Waals surface area contributed by atoms with Crippen molar-refractivity contribution in [2.75, 3.05) is 0 Å². The molecule has 0 saturated carbocycles. The van der Waals surface area contributed by atoms with Crippen molar-refractivity contribution in [3.63, 3.8) is 0 Å². The van der Waals surface area contributed by atoms with E-state index in [4.69, 9.17) is 9.47 Å². The van der Waals surface area contributed by atoms with Gasteiger partial charge in [0.25, 0.3) is 0 Å². The van der Waals surface area contributed by atoms with E-state index in [0.29, 0.717) is 17.9 Å². The number of carboxylic acid groups (broad SMARTS) is 1. The summed E-state index contributed by atoms with van der Waals surface area (Å²) in [7, 11) is 0. The Bertz CT molecular complexity index is 1150. The average molecular weight is 507 g/mol. The molecule has 194 valence electrons. The Balaban J connectivity index is 1.54. The van der Waals surface area contributed by atoms with Gasteiger partial charge in [-0.15, -0.1) is 0 Å². The van der Waals surface area contributed by atoms with Crippen LogP contribution in [0, 0.1) is 0 Å². The van der Waals surface area contributed by atoms with Gasteiger partial charge in [0.05, 0.1) is 6.10 Å². The van der Waals surface area contributed by atoms with Crippen LogP contribution < -0.4 is 15.4 Å². The predicted molar refractivity (Wildman–Crippen MR) is 136 cm³/mol. The molecular formula is C28H30N2O7. The first-order valence-corrected chi connectivity index (χ1v) is 11.8. The molecule has 4 N–H and O–H groups in total. The number of nitrogens with one attached hydrogen (secondary N) is 2. The van der Waals surface area contributed by atoms with E-state index in [1.54, 1.807) is 48.5 Å². The molecule has 0 aromatic heterocycles. The highest BCUT2D eigenvalue weighted by molar-refractivity contribution is 5.89. The van der Waals surface area contributed by atoms with Gasteiger partial charge in [-0.3, -0.25) is 4.79 Å². The maximum atomic E-state index is 12.7. The summed E-state index contributed by atoms with van der Waals surface area (Å²) >= 11 is 0. The minimum absolute atomic E-state index is 0.00891. The summed E-state index contributed by atoms with van der Waals surface area (Å²) in [5.41, 5.74) is 2.42. The third-order valence-corrected chi connectivity index (χ3v) is 5.48. The van der Waals surface area contributed by atoms with Gasteiger partial charge < -0.3 is 30.3 Å². The van der Waals surface area contributed by atoms with Crippen LogP contribution in [0.25, 0.3) is 0 Å². The fourth-order valence-corrected chi connectivity index (χ4v) is 3.46. The van der Waals surface area contributed by atoms with Gasteiger partial charge in [0.15, 0.2) is 0 Å². The van der Waals surface area contributed by atoms with Gasteiger partial charge in [0, 0.05) is 6.42 Å². The van der Waals surface area contributed by atoms with Gasteiger partial charge in [-0.05, 0) is 35.7 Å². The van der Waals surface area contributed by atoms with Crippen molar-refractivity contribution in [2.24, 2.45) is 0 Å². The molecule has 2 amide bonds. The first kappa shape index (κ1) is 27.2. The Labute approximate surface area is 215 Å². The Hall–Kier alpha value is -4.37. The smallest absolute Gasteiger partial charge is 0.408 e. The van der Waals surface area contributed by atoms with E-state index in [0.717, 1.165) is 11.1 Å². The van der Waals surface area contributed by atoms with E-state index in [1.165, 1.54) is 6.92 Å². The van der Waals surface area contributed by atoms with Crippen molar-refractivity contribution >= 4 is 18.0 Å². The molecule has 0 radical (unpaired) electrons. The zero-order valence-corrected chi connectivity index (χ0v) is 20.4. The number of alkyl carbamates (subject to hydrolysis) is 1. The lowest BCUT2D eigenvalue weighted by Crippen LogP contribution is -2.56. The maximum Gasteiger partial charge on any atom is 0.408 e. The normalized spacial score (nSPS) is 13.0. The van der Waals surface area contributed by atoms with E-state index in [1.807, 2.05) is 36.4 Å². The highest BCUT2D eigenvalue weighted by atomic mass is 16.5. The molecule has 0 unspecified atom stereocenters. The second kappa shape index (κ2) is 13.6. The summed E-state index contributed by atoms with van der Waals surface area (Å²) in [6.45, 7) is 1.69. The molecule has 3 aromatic rings. The van der Waals surface area contributed by atoms with Gasteiger partial charge in [0.1, 0.15) is 31.0 Å². The van der Waals surface area contributed by atoms with Crippen molar-refractivity contribution in [2.45, 2.75) is 44.7 Å². The monoisotopic (exact) mass is 506 g/mol. The molecule has 37 heavy (non-hydrogen) atoms. The fourth-order valence-electron chi connectivity index (χ4n) is 3.46. The number of hydrogen-bond donors (Lipinski definition) is 4. The van der Waals surface area contributed by atoms with Crippen LogP contribution in [0.3, 0.4) is 0 Å². The molecule has 0 bridgehead atoms. The highest BCUT2D eigenvalue weighted by Crippen LogP contribution is 2.16. The molecule has 0 fully saturated rings. The second-order valence-electron chi connectivity index (χ2n) is 8.45. The molecule has 0 spiro atoms.